The van der Waals surface area contributed by atoms with Gasteiger partial charge in [0, 0.05) is 29.7 Å². The molecule has 0 saturated carbocycles. The predicted octanol–water partition coefficient (Wildman–Crippen LogP) is 2.12. The molecule has 4 N–H and O–H groups in total. The van der Waals surface area contributed by atoms with Gasteiger partial charge in [-0.3, -0.25) is 14.8 Å². The van der Waals surface area contributed by atoms with E-state index in [4.69, 9.17) is 5.73 Å². The Hall–Kier alpha value is -4.11. The minimum absolute atomic E-state index is 0.0613. The first-order valence-corrected chi connectivity index (χ1v) is 10.2. The smallest absolute Gasteiger partial charge is 0.278 e. The van der Waals surface area contributed by atoms with Gasteiger partial charge in [-0.05, 0) is 42.3 Å². The fraction of sp³-hybridized carbons (Fsp3) is 0.0870. The second kappa shape index (κ2) is 9.80. The van der Waals surface area contributed by atoms with Gasteiger partial charge in [-0.15, -0.1) is 0 Å². The van der Waals surface area contributed by atoms with E-state index in [-0.39, 0.29) is 11.5 Å². The molecule has 3 heterocycles. The van der Waals surface area contributed by atoms with Crippen LogP contribution in [0.3, 0.4) is 0 Å². The molecule has 4 aromatic rings. The van der Waals surface area contributed by atoms with Crippen LogP contribution in [0.4, 0.5) is 11.5 Å². The van der Waals surface area contributed by atoms with Crippen molar-refractivity contribution in [3.63, 3.8) is 0 Å². The van der Waals surface area contributed by atoms with Crippen LogP contribution in [0.25, 0.3) is 22.4 Å². The summed E-state index contributed by atoms with van der Waals surface area (Å²) in [5, 5.41) is 6.00. The lowest BCUT2D eigenvalue weighted by molar-refractivity contribution is 0.102. The number of nitrogens with one attached hydrogen (secondary N) is 2. The quantitative estimate of drug-likeness (QED) is 0.390. The maximum Gasteiger partial charge on any atom is 0.278 e. The van der Waals surface area contributed by atoms with E-state index in [0.717, 1.165) is 29.7 Å². The summed E-state index contributed by atoms with van der Waals surface area (Å²) in [5.41, 5.74) is 11.0. The molecule has 0 aliphatic carbocycles. The molecule has 3 aromatic heterocycles. The van der Waals surface area contributed by atoms with Gasteiger partial charge >= 0.3 is 0 Å². The van der Waals surface area contributed by atoms with Crippen LogP contribution in [0.15, 0.2) is 73.4 Å². The van der Waals surface area contributed by atoms with E-state index in [0.29, 0.717) is 11.4 Å². The summed E-state index contributed by atoms with van der Waals surface area (Å²) >= 11 is 0. The van der Waals surface area contributed by atoms with Crippen molar-refractivity contribution < 1.29 is 4.79 Å². The van der Waals surface area contributed by atoms with Crippen molar-refractivity contribution in [1.29, 1.82) is 0 Å². The molecule has 4 rings (SSSR count). The molecule has 0 atom stereocenters. The van der Waals surface area contributed by atoms with E-state index in [1.807, 2.05) is 50.4 Å². The van der Waals surface area contributed by atoms with Crippen molar-refractivity contribution in [2.24, 2.45) is 0 Å². The molecule has 1 aromatic carbocycles. The molecule has 32 heavy (non-hydrogen) atoms. The van der Waals surface area contributed by atoms with Gasteiger partial charge in [0.1, 0.15) is 0 Å². The minimum Gasteiger partial charge on any atom is -0.382 e. The number of benzene rings is 1. The van der Waals surface area contributed by atoms with Crippen LogP contribution in [-0.4, -0.2) is 40.4 Å². The van der Waals surface area contributed by atoms with Gasteiger partial charge in [0.05, 0.1) is 23.8 Å². The molecule has 8 nitrogen and oxygen atoms in total. The van der Waals surface area contributed by atoms with E-state index >= 15 is 0 Å². The highest BCUT2D eigenvalue weighted by molar-refractivity contribution is 6.07. The van der Waals surface area contributed by atoms with E-state index in [2.05, 4.69) is 30.5 Å². The Morgan fingerprint density at radius 3 is 2.44 bits per heavy atom. The fourth-order valence-corrected chi connectivity index (χ4v) is 3.27. The number of hydrogen-bond acceptors (Lipinski definition) is 7. The third-order valence-electron chi connectivity index (χ3n) is 4.99. The van der Waals surface area contributed by atoms with Gasteiger partial charge < -0.3 is 16.3 Å². The molecular formula is C23H22BN7O. The maximum atomic E-state index is 13.0. The van der Waals surface area contributed by atoms with Crippen molar-refractivity contribution in [1.82, 2.24) is 25.2 Å². The topological polar surface area (TPSA) is 119 Å². The number of carbonyl (C=O) groups excluding carboxylic acids is 1. The lowest BCUT2D eigenvalue weighted by Gasteiger charge is -2.12. The van der Waals surface area contributed by atoms with Gasteiger partial charge in [0.25, 0.3) is 5.91 Å². The molecular weight excluding hydrogens is 401 g/mol. The number of anilines is 2. The number of hydrogen-bond donors (Lipinski definition) is 3. The predicted molar refractivity (Wildman–Crippen MR) is 128 cm³/mol. The second-order valence-corrected chi connectivity index (χ2v) is 7.15. The highest BCUT2D eigenvalue weighted by atomic mass is 16.1. The van der Waals surface area contributed by atoms with Crippen molar-refractivity contribution in [2.75, 3.05) is 17.6 Å². The van der Waals surface area contributed by atoms with Gasteiger partial charge in [-0.25, -0.2) is 9.97 Å². The first-order valence-electron chi connectivity index (χ1n) is 10.2. The largest absolute Gasteiger partial charge is 0.382 e. The van der Waals surface area contributed by atoms with Gasteiger partial charge in [0.2, 0.25) is 0 Å². The van der Waals surface area contributed by atoms with Crippen molar-refractivity contribution in [2.45, 2.75) is 6.42 Å². The fourth-order valence-electron chi connectivity index (χ4n) is 3.27. The van der Waals surface area contributed by atoms with Crippen LogP contribution in [0.2, 0.25) is 0 Å². The van der Waals surface area contributed by atoms with Gasteiger partial charge in [-0.2, -0.15) is 0 Å². The molecule has 0 radical (unpaired) electrons. The van der Waals surface area contributed by atoms with Crippen molar-refractivity contribution in [3.8, 4) is 22.4 Å². The Labute approximate surface area is 186 Å². The highest BCUT2D eigenvalue weighted by Crippen LogP contribution is 2.27. The second-order valence-electron chi connectivity index (χ2n) is 7.15. The third kappa shape index (κ3) is 4.79. The molecule has 0 fully saturated rings. The highest BCUT2D eigenvalue weighted by Gasteiger charge is 2.17. The Morgan fingerprint density at radius 1 is 0.938 bits per heavy atom. The molecule has 1 amide bonds. The summed E-state index contributed by atoms with van der Waals surface area (Å²) in [5.74, 6) is -0.392. The third-order valence-corrected chi connectivity index (χ3v) is 4.99. The summed E-state index contributed by atoms with van der Waals surface area (Å²) in [6.45, 7) is 0.904. The summed E-state index contributed by atoms with van der Waals surface area (Å²) in [7, 11) is 1.93. The molecule has 0 aliphatic heterocycles. The first-order chi connectivity index (χ1) is 15.7. The van der Waals surface area contributed by atoms with E-state index < -0.39 is 5.91 Å². The van der Waals surface area contributed by atoms with Crippen LogP contribution in [0.5, 0.6) is 0 Å². The van der Waals surface area contributed by atoms with Crippen LogP contribution < -0.4 is 16.3 Å². The number of nitrogen functional groups attached to an aromatic ring is 1. The number of amides is 1. The Kier molecular flexibility index (Phi) is 6.47. The zero-order valence-electron chi connectivity index (χ0n) is 17.6. The molecule has 0 unspecified atom stereocenters. The molecule has 158 valence electrons. The molecule has 0 spiro atoms. The average Bonchev–Trinajstić information content (AvgIpc) is 2.84. The number of nitrogens with zero attached hydrogens (tertiary/aromatic N) is 4. The van der Waals surface area contributed by atoms with Gasteiger partial charge in [-0.1, -0.05) is 24.3 Å². The monoisotopic (exact) mass is 423 g/mol. The Balaban J connectivity index is 1.59. The zero-order chi connectivity index (χ0) is 22.3. The first kappa shape index (κ1) is 21.1. The van der Waals surface area contributed by atoms with Crippen LogP contribution in [-0.2, 0) is 6.42 Å². The van der Waals surface area contributed by atoms with E-state index in [1.54, 1.807) is 31.0 Å². The lowest BCUT2D eigenvalue weighted by Crippen LogP contribution is -2.18. The number of pyridine rings is 2. The SMILES string of the molecule is BNCCc1ccc(-c2cnc(N)c(C(=O)Nc3cnccc3-c3ccncc3)n2)cc1. The molecule has 0 saturated heterocycles. The number of carbonyl (C=O) groups is 1. The van der Waals surface area contributed by atoms with Crippen molar-refractivity contribution >= 4 is 25.4 Å². The maximum absolute atomic E-state index is 13.0. The van der Waals surface area contributed by atoms with Crippen LogP contribution >= 0.6 is 0 Å². The Morgan fingerprint density at radius 2 is 1.69 bits per heavy atom. The lowest BCUT2D eigenvalue weighted by atomic mass is 10.1. The zero-order valence-corrected chi connectivity index (χ0v) is 17.6. The standard InChI is InChI=1S/C23H22BN7O/c24-29-12-5-15-1-3-17(4-2-15)19-14-28-22(25)21(30-19)23(32)31-20-13-27-11-8-18(20)16-6-9-26-10-7-16/h1-4,6-11,13-14,29H,5,12,24H2,(H2,25,28)(H,31,32). The van der Waals surface area contributed by atoms with E-state index in [1.165, 1.54) is 5.56 Å². The molecule has 0 aliphatic rings. The Bertz CT molecular complexity index is 1220. The number of rotatable bonds is 7. The normalized spacial score (nSPS) is 10.6. The summed E-state index contributed by atoms with van der Waals surface area (Å²) in [4.78, 5) is 29.9. The number of nitrogens with two attached hydrogens (primary N) is 1. The molecule has 0 bridgehead atoms. The molecule has 9 heteroatoms. The van der Waals surface area contributed by atoms with Crippen LogP contribution in [0, 0.1) is 0 Å². The van der Waals surface area contributed by atoms with Crippen LogP contribution in [0.1, 0.15) is 16.1 Å². The van der Waals surface area contributed by atoms with E-state index in [9.17, 15) is 4.79 Å². The minimum atomic E-state index is -0.453. The number of aromatic nitrogens is 4. The summed E-state index contributed by atoms with van der Waals surface area (Å²) in [6.07, 6.45) is 9.14. The summed E-state index contributed by atoms with van der Waals surface area (Å²) < 4.78 is 0. The summed E-state index contributed by atoms with van der Waals surface area (Å²) in [6, 6.07) is 13.6. The average molecular weight is 423 g/mol. The van der Waals surface area contributed by atoms with Crippen molar-refractivity contribution in [3.05, 3.63) is 84.7 Å². The van der Waals surface area contributed by atoms with Gasteiger partial charge in [0.15, 0.2) is 19.5 Å².